The highest BCUT2D eigenvalue weighted by atomic mass is 32.1. The van der Waals surface area contributed by atoms with Crippen LogP contribution in [0.3, 0.4) is 0 Å². The number of rotatable bonds is 4. The summed E-state index contributed by atoms with van der Waals surface area (Å²) in [5.74, 6) is 0.956. The number of hydrogen-bond donors (Lipinski definition) is 1. The molecule has 1 saturated heterocycles. The lowest BCUT2D eigenvalue weighted by atomic mass is 9.65. The van der Waals surface area contributed by atoms with Gasteiger partial charge in [-0.15, -0.1) is 0 Å². The van der Waals surface area contributed by atoms with Crippen molar-refractivity contribution in [3.05, 3.63) is 41.0 Å². The van der Waals surface area contributed by atoms with Gasteiger partial charge >= 0.3 is 0 Å². The summed E-state index contributed by atoms with van der Waals surface area (Å²) in [5.41, 5.74) is 2.02. The Morgan fingerprint density at radius 3 is 3.10 bits per heavy atom. The topological polar surface area (TPSA) is 41.0 Å². The van der Waals surface area contributed by atoms with E-state index in [1.807, 2.05) is 6.07 Å². The van der Waals surface area contributed by atoms with Gasteiger partial charge in [-0.05, 0) is 59.7 Å². The number of hydrogen-bond acceptors (Lipinski definition) is 5. The minimum absolute atomic E-state index is 0.556. The number of anilines is 1. The maximum absolute atomic E-state index is 4.25. The first kappa shape index (κ1) is 13.2. The van der Waals surface area contributed by atoms with E-state index >= 15 is 0 Å². The van der Waals surface area contributed by atoms with Crippen LogP contribution in [-0.4, -0.2) is 34.0 Å². The molecule has 21 heavy (non-hydrogen) atoms. The lowest BCUT2D eigenvalue weighted by Crippen LogP contribution is -2.46. The highest BCUT2D eigenvalue weighted by Crippen LogP contribution is 2.49. The molecule has 0 bridgehead atoms. The fraction of sp³-hybridized carbons (Fsp3) is 0.500. The molecule has 3 heterocycles. The molecule has 0 atom stereocenters. The van der Waals surface area contributed by atoms with Crippen LogP contribution >= 0.6 is 11.3 Å². The minimum Gasteiger partial charge on any atom is -0.367 e. The molecule has 0 amide bonds. The van der Waals surface area contributed by atoms with Crippen LogP contribution in [0.15, 0.2) is 35.4 Å². The van der Waals surface area contributed by atoms with Crippen molar-refractivity contribution in [2.45, 2.75) is 31.8 Å². The maximum Gasteiger partial charge on any atom is 0.129 e. The average Bonchev–Trinajstić information content (AvgIpc) is 3.10. The molecule has 2 fully saturated rings. The highest BCUT2D eigenvalue weighted by Gasteiger charge is 2.48. The third-order valence-corrected chi connectivity index (χ3v) is 5.53. The second-order valence-electron chi connectivity index (χ2n) is 6.44. The standard InChI is InChI=1S/C16H20N4S/c1-4-17-12-18-15(1)19-14-7-16(8-14)3-5-20(11-16)9-13-2-6-21-10-13/h1-2,4,6,10,12,14H,3,5,7-9,11H2,(H,17,18,19). The molecule has 110 valence electrons. The summed E-state index contributed by atoms with van der Waals surface area (Å²) in [6.07, 6.45) is 7.30. The van der Waals surface area contributed by atoms with E-state index in [-0.39, 0.29) is 0 Å². The molecular weight excluding hydrogens is 280 g/mol. The first-order valence-corrected chi connectivity index (χ1v) is 8.52. The van der Waals surface area contributed by atoms with E-state index in [4.69, 9.17) is 0 Å². The van der Waals surface area contributed by atoms with Gasteiger partial charge in [-0.1, -0.05) is 0 Å². The van der Waals surface area contributed by atoms with Gasteiger partial charge in [0.2, 0.25) is 0 Å². The molecule has 2 aromatic heterocycles. The van der Waals surface area contributed by atoms with Gasteiger partial charge in [-0.2, -0.15) is 11.3 Å². The summed E-state index contributed by atoms with van der Waals surface area (Å²) >= 11 is 1.80. The molecule has 4 nitrogen and oxygen atoms in total. The zero-order chi connectivity index (χ0) is 14.1. The van der Waals surface area contributed by atoms with Gasteiger partial charge < -0.3 is 5.32 Å². The Balaban J connectivity index is 1.29. The summed E-state index contributed by atoms with van der Waals surface area (Å²) in [7, 11) is 0. The zero-order valence-corrected chi connectivity index (χ0v) is 12.9. The summed E-state index contributed by atoms with van der Waals surface area (Å²) in [5, 5.41) is 7.96. The Kier molecular flexibility index (Phi) is 3.39. The van der Waals surface area contributed by atoms with Crippen molar-refractivity contribution in [3.63, 3.8) is 0 Å². The van der Waals surface area contributed by atoms with Gasteiger partial charge in [0.15, 0.2) is 0 Å². The number of likely N-dealkylation sites (tertiary alicyclic amines) is 1. The maximum atomic E-state index is 4.25. The molecule has 1 aliphatic carbocycles. The van der Waals surface area contributed by atoms with E-state index in [1.54, 1.807) is 23.9 Å². The normalized spacial score (nSPS) is 28.7. The van der Waals surface area contributed by atoms with E-state index in [9.17, 15) is 0 Å². The molecule has 1 aliphatic heterocycles. The van der Waals surface area contributed by atoms with Crippen molar-refractivity contribution in [1.82, 2.24) is 14.9 Å². The number of nitrogens with zero attached hydrogens (tertiary/aromatic N) is 3. The van der Waals surface area contributed by atoms with Crippen molar-refractivity contribution in [3.8, 4) is 0 Å². The predicted molar refractivity (Wildman–Crippen MR) is 85.3 cm³/mol. The van der Waals surface area contributed by atoms with Gasteiger partial charge in [0.1, 0.15) is 12.1 Å². The molecule has 2 aliphatic rings. The Bertz CT molecular complexity index is 578. The molecule has 2 aromatic rings. The quantitative estimate of drug-likeness (QED) is 0.942. The molecule has 1 spiro atoms. The Hall–Kier alpha value is -1.46. The Labute approximate surface area is 129 Å². The monoisotopic (exact) mass is 300 g/mol. The summed E-state index contributed by atoms with van der Waals surface area (Å²) < 4.78 is 0. The predicted octanol–water partition coefficient (Wildman–Crippen LogP) is 3.00. The molecule has 4 rings (SSSR count). The molecule has 1 saturated carbocycles. The van der Waals surface area contributed by atoms with Crippen LogP contribution in [0.5, 0.6) is 0 Å². The lowest BCUT2D eigenvalue weighted by molar-refractivity contribution is 0.120. The van der Waals surface area contributed by atoms with Crippen LogP contribution in [-0.2, 0) is 6.54 Å². The van der Waals surface area contributed by atoms with Crippen molar-refractivity contribution < 1.29 is 0 Å². The van der Waals surface area contributed by atoms with Crippen LogP contribution in [0.2, 0.25) is 0 Å². The summed E-state index contributed by atoms with van der Waals surface area (Å²) in [6.45, 7) is 3.62. The molecule has 0 unspecified atom stereocenters. The first-order chi connectivity index (χ1) is 10.3. The third kappa shape index (κ3) is 2.80. The molecule has 0 radical (unpaired) electrons. The fourth-order valence-corrected chi connectivity index (χ4v) is 4.47. The number of thiophene rings is 1. The second-order valence-corrected chi connectivity index (χ2v) is 7.22. The number of nitrogens with one attached hydrogen (secondary N) is 1. The van der Waals surface area contributed by atoms with Crippen LogP contribution in [0.1, 0.15) is 24.8 Å². The van der Waals surface area contributed by atoms with Crippen LogP contribution in [0, 0.1) is 5.41 Å². The fourth-order valence-electron chi connectivity index (χ4n) is 3.81. The van der Waals surface area contributed by atoms with Crippen molar-refractivity contribution in [2.75, 3.05) is 18.4 Å². The van der Waals surface area contributed by atoms with E-state index in [1.165, 1.54) is 37.9 Å². The Morgan fingerprint density at radius 1 is 1.38 bits per heavy atom. The third-order valence-electron chi connectivity index (χ3n) is 4.80. The van der Waals surface area contributed by atoms with Crippen LogP contribution < -0.4 is 5.32 Å². The van der Waals surface area contributed by atoms with Crippen molar-refractivity contribution in [1.29, 1.82) is 0 Å². The van der Waals surface area contributed by atoms with Gasteiger partial charge in [-0.25, -0.2) is 9.97 Å². The van der Waals surface area contributed by atoms with Crippen LogP contribution in [0.4, 0.5) is 5.82 Å². The molecule has 5 heteroatoms. The highest BCUT2D eigenvalue weighted by molar-refractivity contribution is 7.07. The van der Waals surface area contributed by atoms with Gasteiger partial charge in [0.05, 0.1) is 0 Å². The summed E-state index contributed by atoms with van der Waals surface area (Å²) in [4.78, 5) is 10.8. The van der Waals surface area contributed by atoms with E-state index in [0.717, 1.165) is 12.4 Å². The second kappa shape index (κ2) is 5.39. The van der Waals surface area contributed by atoms with Crippen LogP contribution in [0.25, 0.3) is 0 Å². The molecule has 1 N–H and O–H groups in total. The zero-order valence-electron chi connectivity index (χ0n) is 12.0. The van der Waals surface area contributed by atoms with E-state index in [0.29, 0.717) is 11.5 Å². The van der Waals surface area contributed by atoms with Gasteiger partial charge in [-0.3, -0.25) is 4.90 Å². The average molecular weight is 300 g/mol. The summed E-state index contributed by atoms with van der Waals surface area (Å²) in [6, 6.07) is 4.78. The SMILES string of the molecule is c1cc(NC2CC3(CCN(Cc4ccsc4)C3)C2)ncn1. The Morgan fingerprint density at radius 2 is 2.33 bits per heavy atom. The largest absolute Gasteiger partial charge is 0.367 e. The first-order valence-electron chi connectivity index (χ1n) is 7.57. The van der Waals surface area contributed by atoms with Crippen molar-refractivity contribution in [2.24, 2.45) is 5.41 Å². The van der Waals surface area contributed by atoms with Gasteiger partial charge in [0, 0.05) is 25.3 Å². The van der Waals surface area contributed by atoms with Crippen molar-refractivity contribution >= 4 is 17.2 Å². The lowest BCUT2D eigenvalue weighted by Gasteiger charge is -2.45. The molecule has 0 aromatic carbocycles. The minimum atomic E-state index is 0.556. The van der Waals surface area contributed by atoms with E-state index in [2.05, 4.69) is 37.0 Å². The van der Waals surface area contributed by atoms with E-state index < -0.39 is 0 Å². The molecular formula is C16H20N4S. The smallest absolute Gasteiger partial charge is 0.129 e. The number of aromatic nitrogens is 2. The van der Waals surface area contributed by atoms with Gasteiger partial charge in [0.25, 0.3) is 0 Å².